The zero-order chi connectivity index (χ0) is 22.7. The molecule has 33 heavy (non-hydrogen) atoms. The molecular weight excluding hydrogens is 452 g/mol. The van der Waals surface area contributed by atoms with Crippen LogP contribution in [-0.4, -0.2) is 54.3 Å². The molecule has 1 amide bonds. The Hall–Kier alpha value is -2.19. The minimum absolute atomic E-state index is 0.0986. The van der Waals surface area contributed by atoms with Gasteiger partial charge < -0.3 is 19.6 Å². The van der Waals surface area contributed by atoms with Crippen molar-refractivity contribution in [1.29, 1.82) is 0 Å². The summed E-state index contributed by atoms with van der Waals surface area (Å²) in [6, 6.07) is 17.5. The van der Waals surface area contributed by atoms with Crippen LogP contribution in [0.15, 0.2) is 65.4 Å². The van der Waals surface area contributed by atoms with Crippen molar-refractivity contribution in [2.24, 2.45) is 5.92 Å². The quantitative estimate of drug-likeness (QED) is 0.354. The molecule has 3 aliphatic rings. The number of para-hydroxylation sites is 1. The molecule has 0 radical (unpaired) electrons. The van der Waals surface area contributed by atoms with Crippen LogP contribution in [0.2, 0.25) is 0 Å². The summed E-state index contributed by atoms with van der Waals surface area (Å²) >= 11 is 2.85. The van der Waals surface area contributed by atoms with E-state index in [0.717, 1.165) is 42.6 Å². The van der Waals surface area contributed by atoms with Gasteiger partial charge in [-0.2, -0.15) is 0 Å². The molecule has 3 fully saturated rings. The summed E-state index contributed by atoms with van der Waals surface area (Å²) in [6.07, 6.45) is 3.25. The summed E-state index contributed by atoms with van der Waals surface area (Å²) < 4.78 is 6.95. The largest absolute Gasteiger partial charge is 0.493 e. The number of thiophene rings is 2. The Kier molecular flexibility index (Phi) is 6.56. The van der Waals surface area contributed by atoms with Gasteiger partial charge in [0, 0.05) is 19.3 Å². The van der Waals surface area contributed by atoms with Gasteiger partial charge in [-0.25, -0.2) is 0 Å². The fraction of sp³-hybridized carbons (Fsp3) is 0.423. The predicted octanol–water partition coefficient (Wildman–Crippen LogP) is 4.24. The smallest absolute Gasteiger partial charge is 0.263 e. The molecule has 0 aliphatic carbocycles. The third kappa shape index (κ3) is 4.60. The van der Waals surface area contributed by atoms with E-state index in [-0.39, 0.29) is 11.9 Å². The molecule has 2 aromatic heterocycles. The number of carbonyl (C=O) groups excluding carboxylic acids is 1. The maximum Gasteiger partial charge on any atom is 0.263 e. The summed E-state index contributed by atoms with van der Waals surface area (Å²) in [6.45, 7) is 5.05. The van der Waals surface area contributed by atoms with Gasteiger partial charge in [-0.3, -0.25) is 4.79 Å². The zero-order valence-corrected chi connectivity index (χ0v) is 20.3. The van der Waals surface area contributed by atoms with E-state index in [4.69, 9.17) is 4.74 Å². The number of benzene rings is 1. The van der Waals surface area contributed by atoms with Gasteiger partial charge >= 0.3 is 0 Å². The number of nitrogens with one attached hydrogen (secondary N) is 1. The maximum absolute atomic E-state index is 13.6. The number of fused-ring (bicyclic) bond motifs is 3. The van der Waals surface area contributed by atoms with Crippen LogP contribution < -0.4 is 10.1 Å². The number of hydrogen-bond donors (Lipinski definition) is 2. The number of rotatable bonds is 9. The van der Waals surface area contributed by atoms with Gasteiger partial charge in [0.05, 0.1) is 48.6 Å². The van der Waals surface area contributed by atoms with Gasteiger partial charge in [-0.1, -0.05) is 30.3 Å². The lowest BCUT2D eigenvalue weighted by molar-refractivity contribution is -0.944. The van der Waals surface area contributed by atoms with Crippen LogP contribution in [-0.2, 0) is 10.4 Å². The van der Waals surface area contributed by atoms with Crippen molar-refractivity contribution in [3.63, 3.8) is 0 Å². The second kappa shape index (κ2) is 9.58. The Morgan fingerprint density at radius 3 is 2.30 bits per heavy atom. The molecule has 5 heterocycles. The number of quaternary nitrogens is 1. The van der Waals surface area contributed by atoms with Gasteiger partial charge in [-0.15, -0.1) is 22.7 Å². The van der Waals surface area contributed by atoms with Crippen molar-refractivity contribution in [1.82, 2.24) is 5.32 Å². The average Bonchev–Trinajstić information content (AvgIpc) is 3.58. The van der Waals surface area contributed by atoms with Crippen molar-refractivity contribution in [2.45, 2.75) is 30.9 Å². The van der Waals surface area contributed by atoms with E-state index >= 15 is 0 Å². The molecule has 1 aromatic carbocycles. The van der Waals surface area contributed by atoms with E-state index in [1.165, 1.54) is 35.8 Å². The molecular formula is C26H31N2O3S2+. The second-order valence-corrected chi connectivity index (χ2v) is 11.2. The zero-order valence-electron chi connectivity index (χ0n) is 18.7. The highest BCUT2D eigenvalue weighted by atomic mass is 32.1. The van der Waals surface area contributed by atoms with Crippen molar-refractivity contribution in [2.75, 3.05) is 32.8 Å². The molecule has 3 aromatic rings. The first kappa shape index (κ1) is 22.6. The maximum atomic E-state index is 13.6. The Morgan fingerprint density at radius 1 is 1.03 bits per heavy atom. The van der Waals surface area contributed by atoms with Crippen molar-refractivity contribution >= 4 is 28.6 Å². The third-order valence-electron chi connectivity index (χ3n) is 7.29. The van der Waals surface area contributed by atoms with Crippen LogP contribution in [0.3, 0.4) is 0 Å². The number of piperidine rings is 3. The van der Waals surface area contributed by atoms with Crippen LogP contribution in [0.5, 0.6) is 5.75 Å². The average molecular weight is 484 g/mol. The standard InChI is InChI=1S/C26H30N2O3S2/c29-25(26(30,23-9-4-17-32-23)24-10-5-18-33-24)27-22-19-28(14-11-20(22)12-15-28)13-6-16-31-21-7-2-1-3-8-21/h1-5,7-10,17-18,20,22,30H,6,11-16,19H2/p+1/t20?,22-,28?/m0/s1. The summed E-state index contributed by atoms with van der Waals surface area (Å²) in [7, 11) is 0. The summed E-state index contributed by atoms with van der Waals surface area (Å²) in [4.78, 5) is 14.9. The Bertz CT molecular complexity index is 995. The molecule has 5 nitrogen and oxygen atoms in total. The topological polar surface area (TPSA) is 58.6 Å². The molecule has 7 heteroatoms. The number of amides is 1. The van der Waals surface area contributed by atoms with Gasteiger partial charge in [0.1, 0.15) is 5.75 Å². The minimum atomic E-state index is -1.62. The van der Waals surface area contributed by atoms with E-state index in [2.05, 4.69) is 5.32 Å². The fourth-order valence-electron chi connectivity index (χ4n) is 5.46. The molecule has 2 N–H and O–H groups in total. The van der Waals surface area contributed by atoms with Crippen molar-refractivity contribution in [3.8, 4) is 5.75 Å². The molecule has 3 saturated heterocycles. The SMILES string of the molecule is O=C(N[C@H]1C[N+]2(CCCOc3ccccc3)CCC1CC2)C(O)(c1cccs1)c1cccs1. The Labute approximate surface area is 203 Å². The van der Waals surface area contributed by atoms with Gasteiger partial charge in [0.2, 0.25) is 5.60 Å². The van der Waals surface area contributed by atoms with E-state index in [9.17, 15) is 9.90 Å². The molecule has 174 valence electrons. The lowest BCUT2D eigenvalue weighted by atomic mass is 9.81. The molecule has 1 atom stereocenters. The number of nitrogens with zero attached hydrogens (tertiary/aromatic N) is 1. The molecule has 0 unspecified atom stereocenters. The number of hydrogen-bond acceptors (Lipinski definition) is 5. The Morgan fingerprint density at radius 2 is 1.70 bits per heavy atom. The van der Waals surface area contributed by atoms with Gasteiger partial charge in [0.25, 0.3) is 5.91 Å². The van der Waals surface area contributed by atoms with Crippen LogP contribution in [0.25, 0.3) is 0 Å². The van der Waals surface area contributed by atoms with Crippen LogP contribution >= 0.6 is 22.7 Å². The predicted molar refractivity (Wildman–Crippen MR) is 133 cm³/mol. The monoisotopic (exact) mass is 483 g/mol. The number of aliphatic hydroxyl groups is 1. The van der Waals surface area contributed by atoms with Crippen molar-refractivity contribution in [3.05, 3.63) is 75.1 Å². The summed E-state index contributed by atoms with van der Waals surface area (Å²) in [5.74, 6) is 1.11. The molecule has 0 spiro atoms. The minimum Gasteiger partial charge on any atom is -0.493 e. The van der Waals surface area contributed by atoms with E-state index in [1.54, 1.807) is 0 Å². The highest BCUT2D eigenvalue weighted by molar-refractivity contribution is 7.12. The Balaban J connectivity index is 1.24. The van der Waals surface area contributed by atoms with E-state index in [1.807, 2.05) is 65.4 Å². The van der Waals surface area contributed by atoms with Crippen LogP contribution in [0.4, 0.5) is 0 Å². The first-order chi connectivity index (χ1) is 16.1. The highest BCUT2D eigenvalue weighted by Gasteiger charge is 2.49. The first-order valence-corrected chi connectivity index (χ1v) is 13.5. The lowest BCUT2D eigenvalue weighted by Crippen LogP contribution is -2.68. The molecule has 6 rings (SSSR count). The molecule has 2 bridgehead atoms. The van der Waals surface area contributed by atoms with Crippen LogP contribution in [0.1, 0.15) is 29.0 Å². The second-order valence-electron chi connectivity index (χ2n) is 9.29. The normalized spacial score (nSPS) is 24.5. The van der Waals surface area contributed by atoms with Crippen LogP contribution in [0, 0.1) is 5.92 Å². The van der Waals surface area contributed by atoms with Gasteiger partial charge in [-0.05, 0) is 40.9 Å². The van der Waals surface area contributed by atoms with Gasteiger partial charge in [0.15, 0.2) is 0 Å². The lowest BCUT2D eigenvalue weighted by Gasteiger charge is -2.53. The van der Waals surface area contributed by atoms with E-state index in [0.29, 0.717) is 22.3 Å². The fourth-order valence-corrected chi connectivity index (χ4v) is 7.19. The summed E-state index contributed by atoms with van der Waals surface area (Å²) in [5.41, 5.74) is -1.62. The molecule has 0 saturated carbocycles. The number of carbonyl (C=O) groups is 1. The first-order valence-electron chi connectivity index (χ1n) is 11.7. The highest BCUT2D eigenvalue weighted by Crippen LogP contribution is 2.38. The molecule has 3 aliphatic heterocycles. The van der Waals surface area contributed by atoms with Crippen molar-refractivity contribution < 1.29 is 19.1 Å². The summed E-state index contributed by atoms with van der Waals surface area (Å²) in [5, 5.41) is 18.7. The number of ether oxygens (including phenoxy) is 1. The third-order valence-corrected chi connectivity index (χ3v) is 9.25. The van der Waals surface area contributed by atoms with E-state index < -0.39 is 5.60 Å².